The molecule has 2 fully saturated rings. The third kappa shape index (κ3) is 4.56. The Morgan fingerprint density at radius 1 is 1.33 bits per heavy atom. The first-order chi connectivity index (χ1) is 11.6. The first-order valence-electron chi connectivity index (χ1n) is 8.88. The molecule has 2 aliphatic rings. The second kappa shape index (κ2) is 7.64. The molecule has 24 heavy (non-hydrogen) atoms. The van der Waals surface area contributed by atoms with E-state index in [1.54, 1.807) is 0 Å². The largest absolute Gasteiger partial charge is 0.374 e. The lowest BCUT2D eigenvalue weighted by atomic mass is 9.96. The zero-order chi connectivity index (χ0) is 17.0. The second-order valence-corrected chi connectivity index (χ2v) is 7.41. The number of likely N-dealkylation sites (N-methyl/N-ethyl adjacent to an activating group) is 1. The van der Waals surface area contributed by atoms with Gasteiger partial charge in [0.2, 0.25) is 5.91 Å². The second-order valence-electron chi connectivity index (χ2n) is 7.41. The number of morpholine rings is 1. The molecule has 1 saturated heterocycles. The van der Waals surface area contributed by atoms with Crippen LogP contribution in [-0.4, -0.2) is 75.2 Å². The quantitative estimate of drug-likeness (QED) is 0.813. The maximum atomic E-state index is 12.3. The molecule has 1 aromatic rings. The van der Waals surface area contributed by atoms with Crippen molar-refractivity contribution in [3.8, 4) is 0 Å². The van der Waals surface area contributed by atoms with Gasteiger partial charge in [-0.05, 0) is 32.5 Å². The van der Waals surface area contributed by atoms with Crippen molar-refractivity contribution >= 4 is 5.91 Å². The zero-order valence-corrected chi connectivity index (χ0v) is 14.8. The minimum atomic E-state index is 0.128. The van der Waals surface area contributed by atoms with Crippen molar-refractivity contribution in [1.82, 2.24) is 15.1 Å². The van der Waals surface area contributed by atoms with Gasteiger partial charge in [-0.15, -0.1) is 0 Å². The van der Waals surface area contributed by atoms with Gasteiger partial charge in [0.25, 0.3) is 0 Å². The molecule has 1 aromatic carbocycles. The van der Waals surface area contributed by atoms with E-state index in [0.717, 1.165) is 26.2 Å². The van der Waals surface area contributed by atoms with Crippen LogP contribution in [0.4, 0.5) is 0 Å². The molecule has 1 atom stereocenters. The van der Waals surface area contributed by atoms with Crippen LogP contribution in [0, 0.1) is 0 Å². The molecule has 1 saturated carbocycles. The van der Waals surface area contributed by atoms with E-state index in [1.165, 1.54) is 18.4 Å². The Kier molecular flexibility index (Phi) is 5.54. The summed E-state index contributed by atoms with van der Waals surface area (Å²) in [6, 6.07) is 10.5. The van der Waals surface area contributed by atoms with Crippen molar-refractivity contribution in [1.29, 1.82) is 0 Å². The first-order valence-corrected chi connectivity index (χ1v) is 8.88. The molecule has 1 N–H and O–H groups in total. The van der Waals surface area contributed by atoms with Crippen molar-refractivity contribution in [2.45, 2.75) is 24.4 Å². The molecule has 1 aliphatic heterocycles. The summed E-state index contributed by atoms with van der Waals surface area (Å²) in [5, 5.41) is 3.15. The fraction of sp³-hybridized carbons (Fsp3) is 0.632. The van der Waals surface area contributed by atoms with E-state index in [9.17, 15) is 4.79 Å². The number of carbonyl (C=O) groups is 1. The van der Waals surface area contributed by atoms with Crippen LogP contribution < -0.4 is 5.32 Å². The van der Waals surface area contributed by atoms with Crippen LogP contribution in [0.5, 0.6) is 0 Å². The van der Waals surface area contributed by atoms with Crippen molar-refractivity contribution < 1.29 is 9.53 Å². The third-order valence-electron chi connectivity index (χ3n) is 5.02. The Balaban J connectivity index is 1.44. The number of carbonyl (C=O) groups excluding carboxylic acids is 1. The van der Waals surface area contributed by atoms with Gasteiger partial charge in [-0.1, -0.05) is 30.3 Å². The number of benzene rings is 1. The van der Waals surface area contributed by atoms with E-state index in [2.05, 4.69) is 39.4 Å². The molecule has 0 radical (unpaired) electrons. The molecule has 5 nitrogen and oxygen atoms in total. The van der Waals surface area contributed by atoms with Gasteiger partial charge in [0, 0.05) is 31.6 Å². The standard InChI is InChI=1S/C19H29N3O2/c1-21(2)12-17-13-22(10-11-24-17)14-18(23)20-15-19(8-9-19)16-6-4-3-5-7-16/h3-7,17H,8-15H2,1-2H3,(H,20,23). The van der Waals surface area contributed by atoms with E-state index < -0.39 is 0 Å². The van der Waals surface area contributed by atoms with E-state index in [-0.39, 0.29) is 17.4 Å². The molecular weight excluding hydrogens is 302 g/mol. The topological polar surface area (TPSA) is 44.8 Å². The molecule has 3 rings (SSSR count). The van der Waals surface area contributed by atoms with Crippen LogP contribution in [0.3, 0.4) is 0 Å². The van der Waals surface area contributed by atoms with Gasteiger partial charge in [0.1, 0.15) is 0 Å². The number of nitrogens with zero attached hydrogens (tertiary/aromatic N) is 2. The SMILES string of the molecule is CN(C)CC1CN(CC(=O)NCC2(c3ccccc3)CC2)CCO1. The van der Waals surface area contributed by atoms with E-state index in [0.29, 0.717) is 13.2 Å². The lowest BCUT2D eigenvalue weighted by Gasteiger charge is -2.33. The van der Waals surface area contributed by atoms with E-state index >= 15 is 0 Å². The molecular formula is C19H29N3O2. The summed E-state index contributed by atoms with van der Waals surface area (Å²) in [7, 11) is 4.10. The van der Waals surface area contributed by atoms with Crippen LogP contribution in [0.1, 0.15) is 18.4 Å². The Labute approximate surface area is 145 Å². The molecule has 5 heteroatoms. The van der Waals surface area contributed by atoms with Gasteiger partial charge in [0.05, 0.1) is 19.3 Å². The van der Waals surface area contributed by atoms with Crippen LogP contribution in [0.15, 0.2) is 30.3 Å². The lowest BCUT2D eigenvalue weighted by molar-refractivity contribution is -0.124. The van der Waals surface area contributed by atoms with Crippen LogP contribution in [-0.2, 0) is 14.9 Å². The summed E-state index contributed by atoms with van der Waals surface area (Å²) < 4.78 is 5.77. The molecule has 1 aliphatic carbocycles. The summed E-state index contributed by atoms with van der Waals surface area (Å²) in [5.74, 6) is 0.128. The summed E-state index contributed by atoms with van der Waals surface area (Å²) in [4.78, 5) is 16.7. The maximum absolute atomic E-state index is 12.3. The van der Waals surface area contributed by atoms with Crippen molar-refractivity contribution in [3.63, 3.8) is 0 Å². The number of ether oxygens (including phenoxy) is 1. The summed E-state index contributed by atoms with van der Waals surface area (Å²) >= 11 is 0. The number of hydrogen-bond acceptors (Lipinski definition) is 4. The first kappa shape index (κ1) is 17.4. The third-order valence-corrected chi connectivity index (χ3v) is 5.02. The minimum Gasteiger partial charge on any atom is -0.374 e. The van der Waals surface area contributed by atoms with E-state index in [1.807, 2.05) is 20.2 Å². The average molecular weight is 331 g/mol. The Bertz CT molecular complexity index is 543. The van der Waals surface area contributed by atoms with Crippen LogP contribution >= 0.6 is 0 Å². The van der Waals surface area contributed by atoms with Crippen LogP contribution in [0.2, 0.25) is 0 Å². The number of amides is 1. The highest BCUT2D eigenvalue weighted by Gasteiger charge is 2.44. The van der Waals surface area contributed by atoms with Gasteiger partial charge in [0.15, 0.2) is 0 Å². The molecule has 1 amide bonds. The highest BCUT2D eigenvalue weighted by Crippen LogP contribution is 2.47. The normalized spacial score (nSPS) is 23.2. The molecule has 132 valence electrons. The summed E-state index contributed by atoms with van der Waals surface area (Å²) in [6.45, 7) is 4.49. The number of rotatable bonds is 7. The molecule has 0 bridgehead atoms. The van der Waals surface area contributed by atoms with E-state index in [4.69, 9.17) is 4.74 Å². The highest BCUT2D eigenvalue weighted by atomic mass is 16.5. The van der Waals surface area contributed by atoms with Crippen molar-refractivity contribution in [2.75, 3.05) is 53.4 Å². The maximum Gasteiger partial charge on any atom is 0.234 e. The van der Waals surface area contributed by atoms with Gasteiger partial charge >= 0.3 is 0 Å². The smallest absolute Gasteiger partial charge is 0.234 e. The Morgan fingerprint density at radius 2 is 2.08 bits per heavy atom. The summed E-state index contributed by atoms with van der Waals surface area (Å²) in [5.41, 5.74) is 1.53. The molecule has 1 unspecified atom stereocenters. The zero-order valence-electron chi connectivity index (χ0n) is 14.8. The van der Waals surface area contributed by atoms with Gasteiger partial charge in [-0.3, -0.25) is 9.69 Å². The molecule has 0 aromatic heterocycles. The lowest BCUT2D eigenvalue weighted by Crippen LogP contribution is -2.50. The Hall–Kier alpha value is -1.43. The van der Waals surface area contributed by atoms with Gasteiger partial charge < -0.3 is 15.0 Å². The van der Waals surface area contributed by atoms with Crippen molar-refractivity contribution in [2.24, 2.45) is 0 Å². The summed E-state index contributed by atoms with van der Waals surface area (Å²) in [6.07, 6.45) is 2.53. The number of nitrogens with one attached hydrogen (secondary N) is 1. The number of hydrogen-bond donors (Lipinski definition) is 1. The predicted molar refractivity (Wildman–Crippen MR) is 95.1 cm³/mol. The van der Waals surface area contributed by atoms with Gasteiger partial charge in [-0.2, -0.15) is 0 Å². The van der Waals surface area contributed by atoms with Crippen molar-refractivity contribution in [3.05, 3.63) is 35.9 Å². The predicted octanol–water partition coefficient (Wildman–Crippen LogP) is 1.10. The minimum absolute atomic E-state index is 0.128. The highest BCUT2D eigenvalue weighted by molar-refractivity contribution is 5.78. The monoisotopic (exact) mass is 331 g/mol. The van der Waals surface area contributed by atoms with Crippen LogP contribution in [0.25, 0.3) is 0 Å². The Morgan fingerprint density at radius 3 is 2.75 bits per heavy atom. The average Bonchev–Trinajstić information content (AvgIpc) is 3.35. The fourth-order valence-corrected chi connectivity index (χ4v) is 3.48. The fourth-order valence-electron chi connectivity index (χ4n) is 3.48. The van der Waals surface area contributed by atoms with Gasteiger partial charge in [-0.25, -0.2) is 0 Å². The molecule has 0 spiro atoms. The molecule has 1 heterocycles.